The third kappa shape index (κ3) is 3.77. The maximum atomic E-state index is 5.63. The van der Waals surface area contributed by atoms with Gasteiger partial charge < -0.3 is 10.1 Å². The van der Waals surface area contributed by atoms with Crippen LogP contribution in [0.2, 0.25) is 0 Å². The summed E-state index contributed by atoms with van der Waals surface area (Å²) in [7, 11) is 0. The lowest BCUT2D eigenvalue weighted by Crippen LogP contribution is -2.23. The van der Waals surface area contributed by atoms with Crippen molar-refractivity contribution in [2.45, 2.75) is 32.7 Å². The number of hydrogen-bond donors (Lipinski definition) is 2. The number of rotatable bonds is 8. The van der Waals surface area contributed by atoms with E-state index in [2.05, 4.69) is 39.6 Å². The van der Waals surface area contributed by atoms with Crippen LogP contribution in [0.15, 0.2) is 24.7 Å². The third-order valence-electron chi connectivity index (χ3n) is 2.87. The average Bonchev–Trinajstić information content (AvgIpc) is 3.00. The van der Waals surface area contributed by atoms with E-state index in [0.717, 1.165) is 36.4 Å². The van der Waals surface area contributed by atoms with Crippen LogP contribution in [-0.4, -0.2) is 33.5 Å². The number of aromatic nitrogens is 4. The van der Waals surface area contributed by atoms with E-state index >= 15 is 0 Å². The van der Waals surface area contributed by atoms with Crippen molar-refractivity contribution in [1.82, 2.24) is 25.7 Å². The van der Waals surface area contributed by atoms with Crippen molar-refractivity contribution in [3.8, 4) is 5.75 Å². The topological polar surface area (TPSA) is 75.7 Å². The largest absolute Gasteiger partial charge is 0.492 e. The van der Waals surface area contributed by atoms with Crippen LogP contribution in [0.25, 0.3) is 0 Å². The Morgan fingerprint density at radius 1 is 1.25 bits per heavy atom. The number of ether oxygens (including phenoxy) is 1. The quantitative estimate of drug-likeness (QED) is 0.771. The molecule has 20 heavy (non-hydrogen) atoms. The first kappa shape index (κ1) is 14.5. The summed E-state index contributed by atoms with van der Waals surface area (Å²) in [6.07, 6.45) is 7.32. The highest BCUT2D eigenvalue weighted by atomic mass is 16.5. The lowest BCUT2D eigenvalue weighted by molar-refractivity contribution is 0.315. The minimum Gasteiger partial charge on any atom is -0.492 e. The number of hydrogen-bond acceptors (Lipinski definition) is 5. The van der Waals surface area contributed by atoms with Crippen molar-refractivity contribution < 1.29 is 4.74 Å². The standard InChI is InChI=1S/C14H21N5O/c1-3-5-16-14(13-10-17-19-18-13)11-7-12(9-15-8-11)20-6-4-2/h7-10,14,16H,3-6H2,1-2H3,(H,17,18,19). The van der Waals surface area contributed by atoms with Crippen molar-refractivity contribution in [2.24, 2.45) is 0 Å². The van der Waals surface area contributed by atoms with E-state index in [0.29, 0.717) is 6.61 Å². The van der Waals surface area contributed by atoms with Crippen LogP contribution in [0.4, 0.5) is 0 Å². The first-order valence-electron chi connectivity index (χ1n) is 7.02. The van der Waals surface area contributed by atoms with E-state index in [1.807, 2.05) is 12.3 Å². The molecule has 1 unspecified atom stereocenters. The number of nitrogens with one attached hydrogen (secondary N) is 2. The number of aromatic amines is 1. The van der Waals surface area contributed by atoms with Gasteiger partial charge in [-0.05, 0) is 31.0 Å². The molecule has 0 amide bonds. The van der Waals surface area contributed by atoms with Crippen molar-refractivity contribution in [3.63, 3.8) is 0 Å². The molecule has 0 fully saturated rings. The molecule has 0 aliphatic carbocycles. The molecule has 2 aromatic heterocycles. The van der Waals surface area contributed by atoms with Gasteiger partial charge in [-0.15, -0.1) is 0 Å². The fourth-order valence-electron chi connectivity index (χ4n) is 1.92. The van der Waals surface area contributed by atoms with E-state index < -0.39 is 0 Å². The zero-order chi connectivity index (χ0) is 14.2. The highest BCUT2D eigenvalue weighted by Gasteiger charge is 2.17. The molecule has 2 aromatic rings. The van der Waals surface area contributed by atoms with Crippen LogP contribution >= 0.6 is 0 Å². The van der Waals surface area contributed by atoms with Crippen LogP contribution in [-0.2, 0) is 0 Å². The molecule has 108 valence electrons. The Kier molecular flexibility index (Phi) is 5.49. The molecule has 0 spiro atoms. The second-order valence-corrected chi connectivity index (χ2v) is 4.58. The normalized spacial score (nSPS) is 12.3. The Morgan fingerprint density at radius 3 is 2.85 bits per heavy atom. The lowest BCUT2D eigenvalue weighted by Gasteiger charge is -2.17. The van der Waals surface area contributed by atoms with E-state index in [1.54, 1.807) is 12.4 Å². The summed E-state index contributed by atoms with van der Waals surface area (Å²) in [6.45, 7) is 5.81. The number of pyridine rings is 1. The molecule has 6 heteroatoms. The second-order valence-electron chi connectivity index (χ2n) is 4.58. The predicted octanol–water partition coefficient (Wildman–Crippen LogP) is 2.08. The Bertz CT molecular complexity index is 500. The molecule has 0 bridgehead atoms. The van der Waals surface area contributed by atoms with E-state index in [1.165, 1.54) is 0 Å². The average molecular weight is 275 g/mol. The second kappa shape index (κ2) is 7.59. The first-order valence-corrected chi connectivity index (χ1v) is 7.02. The maximum Gasteiger partial charge on any atom is 0.137 e. The minimum atomic E-state index is -0.0219. The summed E-state index contributed by atoms with van der Waals surface area (Å²) in [4.78, 5) is 4.25. The van der Waals surface area contributed by atoms with E-state index in [-0.39, 0.29) is 6.04 Å². The Balaban J connectivity index is 2.19. The smallest absolute Gasteiger partial charge is 0.137 e. The van der Waals surface area contributed by atoms with Crippen molar-refractivity contribution in [1.29, 1.82) is 0 Å². The number of H-pyrrole nitrogens is 1. The first-order chi connectivity index (χ1) is 9.85. The summed E-state index contributed by atoms with van der Waals surface area (Å²) in [5.41, 5.74) is 1.88. The Hall–Kier alpha value is -1.95. The summed E-state index contributed by atoms with van der Waals surface area (Å²) < 4.78 is 5.63. The summed E-state index contributed by atoms with van der Waals surface area (Å²) in [6, 6.07) is 1.98. The van der Waals surface area contributed by atoms with Gasteiger partial charge in [0.25, 0.3) is 0 Å². The molecule has 0 saturated carbocycles. The minimum absolute atomic E-state index is 0.0219. The highest BCUT2D eigenvalue weighted by molar-refractivity contribution is 5.30. The van der Waals surface area contributed by atoms with Gasteiger partial charge in [-0.1, -0.05) is 13.8 Å². The van der Waals surface area contributed by atoms with Crippen molar-refractivity contribution in [2.75, 3.05) is 13.2 Å². The van der Waals surface area contributed by atoms with Gasteiger partial charge in [-0.2, -0.15) is 15.4 Å². The third-order valence-corrected chi connectivity index (χ3v) is 2.87. The molecule has 0 aliphatic heterocycles. The molecule has 0 aliphatic rings. The van der Waals surface area contributed by atoms with Gasteiger partial charge in [0.15, 0.2) is 0 Å². The zero-order valence-corrected chi connectivity index (χ0v) is 12.0. The van der Waals surface area contributed by atoms with Crippen LogP contribution in [0.1, 0.15) is 44.0 Å². The SMILES string of the molecule is CCCNC(c1cncc(OCCC)c1)c1cn[nH]n1. The zero-order valence-electron chi connectivity index (χ0n) is 12.0. The molecule has 1 atom stereocenters. The van der Waals surface area contributed by atoms with Gasteiger partial charge in [-0.25, -0.2) is 0 Å². The molecule has 6 nitrogen and oxygen atoms in total. The van der Waals surface area contributed by atoms with Gasteiger partial charge >= 0.3 is 0 Å². The van der Waals surface area contributed by atoms with Crippen LogP contribution in [0, 0.1) is 0 Å². The molecular weight excluding hydrogens is 254 g/mol. The van der Waals surface area contributed by atoms with Gasteiger partial charge in [-0.3, -0.25) is 4.98 Å². The van der Waals surface area contributed by atoms with Crippen LogP contribution in [0.5, 0.6) is 5.75 Å². The van der Waals surface area contributed by atoms with Gasteiger partial charge in [0.05, 0.1) is 25.0 Å². The van der Waals surface area contributed by atoms with E-state index in [4.69, 9.17) is 4.74 Å². The number of nitrogens with zero attached hydrogens (tertiary/aromatic N) is 3. The van der Waals surface area contributed by atoms with Crippen LogP contribution < -0.4 is 10.1 Å². The predicted molar refractivity (Wildman–Crippen MR) is 76.5 cm³/mol. The van der Waals surface area contributed by atoms with Gasteiger partial charge in [0, 0.05) is 6.20 Å². The molecule has 2 heterocycles. The molecular formula is C14H21N5O. The molecule has 0 aromatic carbocycles. The van der Waals surface area contributed by atoms with Gasteiger partial charge in [0.1, 0.15) is 11.4 Å². The monoisotopic (exact) mass is 275 g/mol. The summed E-state index contributed by atoms with van der Waals surface area (Å²) in [5, 5.41) is 14.2. The van der Waals surface area contributed by atoms with E-state index in [9.17, 15) is 0 Å². The highest BCUT2D eigenvalue weighted by Crippen LogP contribution is 2.22. The fourth-order valence-corrected chi connectivity index (χ4v) is 1.92. The molecule has 2 N–H and O–H groups in total. The van der Waals surface area contributed by atoms with Crippen LogP contribution in [0.3, 0.4) is 0 Å². The maximum absolute atomic E-state index is 5.63. The molecule has 0 radical (unpaired) electrons. The summed E-state index contributed by atoms with van der Waals surface area (Å²) in [5.74, 6) is 0.788. The molecule has 2 rings (SSSR count). The van der Waals surface area contributed by atoms with Crippen molar-refractivity contribution >= 4 is 0 Å². The van der Waals surface area contributed by atoms with Crippen molar-refractivity contribution in [3.05, 3.63) is 35.9 Å². The van der Waals surface area contributed by atoms with Gasteiger partial charge in [0.2, 0.25) is 0 Å². The summed E-state index contributed by atoms with van der Waals surface area (Å²) >= 11 is 0. The molecule has 0 saturated heterocycles. The lowest BCUT2D eigenvalue weighted by atomic mass is 10.1. The Labute approximate surface area is 119 Å². The fraction of sp³-hybridized carbons (Fsp3) is 0.500. The Morgan fingerprint density at radius 2 is 2.15 bits per heavy atom.